The average Bonchev–Trinajstić information content (AvgIpc) is 3.41. The molecule has 1 fully saturated rings. The van der Waals surface area contributed by atoms with E-state index in [-0.39, 0.29) is 5.91 Å². The SMILES string of the molecule is Cc1ccsc1C(=O)N1CCC(CCc2noc(-c3cccnc3)n2)C1. The molecule has 3 aromatic rings. The smallest absolute Gasteiger partial charge is 0.264 e. The van der Waals surface area contributed by atoms with Crippen LogP contribution in [-0.4, -0.2) is 39.0 Å². The number of pyridine rings is 1. The summed E-state index contributed by atoms with van der Waals surface area (Å²) in [6.45, 7) is 3.63. The van der Waals surface area contributed by atoms with Gasteiger partial charge in [0, 0.05) is 31.9 Å². The molecular weight excluding hydrogens is 348 g/mol. The van der Waals surface area contributed by atoms with Crippen LogP contribution >= 0.6 is 11.3 Å². The lowest BCUT2D eigenvalue weighted by Gasteiger charge is -2.16. The van der Waals surface area contributed by atoms with E-state index in [0.717, 1.165) is 48.4 Å². The summed E-state index contributed by atoms with van der Waals surface area (Å²) in [5.74, 6) is 1.87. The first-order chi connectivity index (χ1) is 12.7. The summed E-state index contributed by atoms with van der Waals surface area (Å²) >= 11 is 1.53. The van der Waals surface area contributed by atoms with Crippen molar-refractivity contribution in [1.29, 1.82) is 0 Å². The first-order valence-corrected chi connectivity index (χ1v) is 9.65. The molecule has 6 nitrogen and oxygen atoms in total. The topological polar surface area (TPSA) is 72.1 Å². The maximum Gasteiger partial charge on any atom is 0.264 e. The van der Waals surface area contributed by atoms with Crippen molar-refractivity contribution in [3.8, 4) is 11.5 Å². The Labute approximate surface area is 155 Å². The van der Waals surface area contributed by atoms with Crippen LogP contribution in [0.25, 0.3) is 11.5 Å². The second kappa shape index (κ2) is 7.37. The molecule has 0 spiro atoms. The minimum Gasteiger partial charge on any atom is -0.338 e. The van der Waals surface area contributed by atoms with Gasteiger partial charge in [0.15, 0.2) is 5.82 Å². The summed E-state index contributed by atoms with van der Waals surface area (Å²) < 4.78 is 5.32. The minimum atomic E-state index is 0.165. The summed E-state index contributed by atoms with van der Waals surface area (Å²) in [6.07, 6.45) is 6.17. The van der Waals surface area contributed by atoms with E-state index in [4.69, 9.17) is 4.52 Å². The van der Waals surface area contributed by atoms with Crippen LogP contribution in [-0.2, 0) is 6.42 Å². The van der Waals surface area contributed by atoms with E-state index >= 15 is 0 Å². The molecule has 3 aromatic heterocycles. The Kier molecular flexibility index (Phi) is 4.79. The Bertz CT molecular complexity index is 890. The maximum absolute atomic E-state index is 12.6. The van der Waals surface area contributed by atoms with Gasteiger partial charge in [0.05, 0.1) is 10.4 Å². The molecule has 1 unspecified atom stereocenters. The number of nitrogens with zero attached hydrogens (tertiary/aromatic N) is 4. The van der Waals surface area contributed by atoms with Crippen LogP contribution in [0.2, 0.25) is 0 Å². The molecule has 0 aliphatic carbocycles. The zero-order valence-corrected chi connectivity index (χ0v) is 15.4. The summed E-state index contributed by atoms with van der Waals surface area (Å²) in [5, 5.41) is 6.05. The van der Waals surface area contributed by atoms with Crippen molar-refractivity contribution < 1.29 is 9.32 Å². The van der Waals surface area contributed by atoms with Gasteiger partial charge in [-0.3, -0.25) is 9.78 Å². The van der Waals surface area contributed by atoms with Gasteiger partial charge < -0.3 is 9.42 Å². The molecule has 0 N–H and O–H groups in total. The highest BCUT2D eigenvalue weighted by molar-refractivity contribution is 7.12. The lowest BCUT2D eigenvalue weighted by atomic mass is 10.0. The van der Waals surface area contributed by atoms with E-state index in [9.17, 15) is 4.79 Å². The van der Waals surface area contributed by atoms with Crippen LogP contribution in [0.5, 0.6) is 0 Å². The number of rotatable bonds is 5. The highest BCUT2D eigenvalue weighted by Gasteiger charge is 2.28. The van der Waals surface area contributed by atoms with Gasteiger partial charge in [-0.2, -0.15) is 4.98 Å². The van der Waals surface area contributed by atoms with Crippen LogP contribution in [0.1, 0.15) is 33.9 Å². The molecule has 1 aliphatic heterocycles. The van der Waals surface area contributed by atoms with E-state index in [0.29, 0.717) is 17.6 Å². The summed E-state index contributed by atoms with van der Waals surface area (Å²) in [7, 11) is 0. The Morgan fingerprint density at radius 1 is 1.42 bits per heavy atom. The van der Waals surface area contributed by atoms with Crippen LogP contribution in [0.15, 0.2) is 40.5 Å². The molecule has 1 amide bonds. The van der Waals surface area contributed by atoms with Gasteiger partial charge in [-0.1, -0.05) is 5.16 Å². The van der Waals surface area contributed by atoms with Gasteiger partial charge in [-0.25, -0.2) is 0 Å². The van der Waals surface area contributed by atoms with Crippen LogP contribution in [0, 0.1) is 12.8 Å². The number of likely N-dealkylation sites (tertiary alicyclic amines) is 1. The molecule has 26 heavy (non-hydrogen) atoms. The van der Waals surface area contributed by atoms with Crippen molar-refractivity contribution in [1.82, 2.24) is 20.0 Å². The number of carbonyl (C=O) groups excluding carboxylic acids is 1. The average molecular weight is 368 g/mol. The van der Waals surface area contributed by atoms with Crippen molar-refractivity contribution >= 4 is 17.2 Å². The first kappa shape index (κ1) is 16.9. The van der Waals surface area contributed by atoms with Crippen molar-refractivity contribution in [2.24, 2.45) is 5.92 Å². The third-order valence-electron chi connectivity index (χ3n) is 4.78. The molecule has 0 aromatic carbocycles. The molecule has 1 aliphatic rings. The Morgan fingerprint density at radius 3 is 3.12 bits per heavy atom. The van der Waals surface area contributed by atoms with E-state index in [1.165, 1.54) is 11.3 Å². The fourth-order valence-corrected chi connectivity index (χ4v) is 4.18. The molecule has 4 heterocycles. The molecule has 0 saturated carbocycles. The lowest BCUT2D eigenvalue weighted by Crippen LogP contribution is -2.28. The quantitative estimate of drug-likeness (QED) is 0.688. The van der Waals surface area contributed by atoms with Crippen molar-refractivity contribution in [2.75, 3.05) is 13.1 Å². The standard InChI is InChI=1S/C19H20N4O2S/c1-13-7-10-26-17(13)19(24)23-9-6-14(12-23)4-5-16-21-18(25-22-16)15-3-2-8-20-11-15/h2-3,7-8,10-11,14H,4-6,9,12H2,1H3. The van der Waals surface area contributed by atoms with Crippen LogP contribution in [0.3, 0.4) is 0 Å². The minimum absolute atomic E-state index is 0.165. The van der Waals surface area contributed by atoms with E-state index in [2.05, 4.69) is 15.1 Å². The largest absolute Gasteiger partial charge is 0.338 e. The second-order valence-electron chi connectivity index (χ2n) is 6.63. The molecule has 1 saturated heterocycles. The fourth-order valence-electron chi connectivity index (χ4n) is 3.28. The zero-order chi connectivity index (χ0) is 17.9. The molecule has 0 bridgehead atoms. The predicted molar refractivity (Wildman–Crippen MR) is 98.9 cm³/mol. The number of aryl methyl sites for hydroxylation is 2. The van der Waals surface area contributed by atoms with Gasteiger partial charge in [0.25, 0.3) is 11.8 Å². The monoisotopic (exact) mass is 368 g/mol. The lowest BCUT2D eigenvalue weighted by molar-refractivity contribution is 0.0790. The Morgan fingerprint density at radius 2 is 2.35 bits per heavy atom. The fraction of sp³-hybridized carbons (Fsp3) is 0.368. The molecular formula is C19H20N4O2S. The van der Waals surface area contributed by atoms with Crippen molar-refractivity contribution in [3.63, 3.8) is 0 Å². The highest BCUT2D eigenvalue weighted by atomic mass is 32.1. The zero-order valence-electron chi connectivity index (χ0n) is 14.6. The van der Waals surface area contributed by atoms with Gasteiger partial charge in [0.2, 0.25) is 0 Å². The second-order valence-corrected chi connectivity index (χ2v) is 7.55. The Hall–Kier alpha value is -2.54. The summed E-state index contributed by atoms with van der Waals surface area (Å²) in [5.41, 5.74) is 1.90. The van der Waals surface area contributed by atoms with E-state index < -0.39 is 0 Å². The van der Waals surface area contributed by atoms with Gasteiger partial charge in [-0.15, -0.1) is 11.3 Å². The number of carbonyl (C=O) groups is 1. The van der Waals surface area contributed by atoms with Gasteiger partial charge >= 0.3 is 0 Å². The van der Waals surface area contributed by atoms with Gasteiger partial charge in [-0.05, 0) is 54.8 Å². The summed E-state index contributed by atoms with van der Waals surface area (Å²) in [4.78, 5) is 24.0. The molecule has 1 atom stereocenters. The van der Waals surface area contributed by atoms with Crippen molar-refractivity contribution in [3.05, 3.63) is 52.2 Å². The third kappa shape index (κ3) is 3.53. The number of hydrogen-bond donors (Lipinski definition) is 0. The highest BCUT2D eigenvalue weighted by Crippen LogP contribution is 2.26. The summed E-state index contributed by atoms with van der Waals surface area (Å²) in [6, 6.07) is 5.75. The number of hydrogen-bond acceptors (Lipinski definition) is 6. The molecule has 4 rings (SSSR count). The van der Waals surface area contributed by atoms with Crippen LogP contribution < -0.4 is 0 Å². The molecule has 134 valence electrons. The van der Waals surface area contributed by atoms with Crippen molar-refractivity contribution in [2.45, 2.75) is 26.2 Å². The van der Waals surface area contributed by atoms with E-state index in [1.54, 1.807) is 12.4 Å². The first-order valence-electron chi connectivity index (χ1n) is 8.77. The van der Waals surface area contributed by atoms with Gasteiger partial charge in [0.1, 0.15) is 0 Å². The molecule has 0 radical (unpaired) electrons. The number of amides is 1. The predicted octanol–water partition coefficient (Wildman–Crippen LogP) is 3.60. The van der Waals surface area contributed by atoms with Crippen LogP contribution in [0.4, 0.5) is 0 Å². The third-order valence-corrected chi connectivity index (χ3v) is 5.79. The van der Waals surface area contributed by atoms with E-state index in [1.807, 2.05) is 35.4 Å². The number of thiophene rings is 1. The maximum atomic E-state index is 12.6. The Balaban J connectivity index is 1.32. The number of aromatic nitrogens is 3. The molecule has 7 heteroatoms. The normalized spacial score (nSPS) is 17.0.